The van der Waals surface area contributed by atoms with Crippen molar-refractivity contribution >= 4 is 10.0 Å². The van der Waals surface area contributed by atoms with Crippen LogP contribution in [0.2, 0.25) is 0 Å². The van der Waals surface area contributed by atoms with Crippen molar-refractivity contribution in [1.82, 2.24) is 19.0 Å². The summed E-state index contributed by atoms with van der Waals surface area (Å²) in [7, 11) is -3.46. The van der Waals surface area contributed by atoms with Crippen LogP contribution in [0.15, 0.2) is 35.4 Å². The van der Waals surface area contributed by atoms with Gasteiger partial charge in [-0.15, -0.1) is 0 Å². The molecule has 0 aliphatic carbocycles. The van der Waals surface area contributed by atoms with E-state index < -0.39 is 10.0 Å². The molecule has 3 rings (SSSR count). The van der Waals surface area contributed by atoms with Gasteiger partial charge >= 0.3 is 0 Å². The van der Waals surface area contributed by atoms with Crippen molar-refractivity contribution in [2.24, 2.45) is 0 Å². The second-order valence-corrected chi connectivity index (χ2v) is 8.42. The van der Waals surface area contributed by atoms with Gasteiger partial charge in [-0.2, -0.15) is 9.40 Å². The highest BCUT2D eigenvalue weighted by molar-refractivity contribution is 7.89. The van der Waals surface area contributed by atoms with Crippen LogP contribution in [0.3, 0.4) is 0 Å². The number of aromatic nitrogens is 2. The highest BCUT2D eigenvalue weighted by atomic mass is 32.2. The minimum atomic E-state index is -3.46. The van der Waals surface area contributed by atoms with Crippen LogP contribution in [0.1, 0.15) is 23.7 Å². The molecule has 1 aliphatic heterocycles. The number of sulfonamides is 1. The van der Waals surface area contributed by atoms with Crippen LogP contribution in [0.4, 0.5) is 0 Å². The Morgan fingerprint density at radius 1 is 1.08 bits per heavy atom. The Labute approximate surface area is 150 Å². The van der Waals surface area contributed by atoms with Gasteiger partial charge in [0.1, 0.15) is 4.90 Å². The third-order valence-corrected chi connectivity index (χ3v) is 6.96. The average Bonchev–Trinajstić information content (AvgIpc) is 2.99. The molecule has 0 amide bonds. The van der Waals surface area contributed by atoms with Gasteiger partial charge in [-0.1, -0.05) is 24.3 Å². The van der Waals surface area contributed by atoms with Crippen molar-refractivity contribution in [1.29, 1.82) is 0 Å². The summed E-state index contributed by atoms with van der Waals surface area (Å²) in [5.74, 6) is 0. The molecule has 1 aliphatic rings. The van der Waals surface area contributed by atoms with Crippen molar-refractivity contribution < 1.29 is 8.42 Å². The van der Waals surface area contributed by atoms with Crippen LogP contribution < -0.4 is 0 Å². The maximum atomic E-state index is 12.9. The molecule has 1 saturated heterocycles. The molecule has 1 aromatic carbocycles. The van der Waals surface area contributed by atoms with Gasteiger partial charge in [0.15, 0.2) is 0 Å². The summed E-state index contributed by atoms with van der Waals surface area (Å²) in [6, 6.07) is 8.35. The SMILES string of the molecule is CCn1ncc(S(=O)(=O)N2CCN(Cc3ccccc3C)CC2)c1C. The maximum absolute atomic E-state index is 12.9. The van der Waals surface area contributed by atoms with Crippen LogP contribution >= 0.6 is 0 Å². The fraction of sp³-hybridized carbons (Fsp3) is 0.500. The second-order valence-electron chi connectivity index (χ2n) is 6.52. The number of hydrogen-bond donors (Lipinski definition) is 0. The third-order valence-electron chi connectivity index (χ3n) is 4.96. The molecule has 0 atom stereocenters. The largest absolute Gasteiger partial charge is 0.296 e. The van der Waals surface area contributed by atoms with Gasteiger partial charge in [-0.3, -0.25) is 9.58 Å². The molecule has 2 heterocycles. The van der Waals surface area contributed by atoms with Gasteiger partial charge in [0.25, 0.3) is 0 Å². The highest BCUT2D eigenvalue weighted by Gasteiger charge is 2.31. The van der Waals surface area contributed by atoms with Gasteiger partial charge in [-0.05, 0) is 31.9 Å². The monoisotopic (exact) mass is 362 g/mol. The number of aryl methyl sites for hydroxylation is 2. The van der Waals surface area contributed by atoms with Crippen molar-refractivity contribution in [3.05, 3.63) is 47.3 Å². The molecule has 1 fully saturated rings. The van der Waals surface area contributed by atoms with E-state index in [-0.39, 0.29) is 0 Å². The van der Waals surface area contributed by atoms with Gasteiger partial charge in [0, 0.05) is 39.3 Å². The zero-order valence-corrected chi connectivity index (χ0v) is 16.0. The molecule has 0 N–H and O–H groups in total. The van der Waals surface area contributed by atoms with E-state index in [1.54, 1.807) is 8.99 Å². The van der Waals surface area contributed by atoms with Gasteiger partial charge in [-0.25, -0.2) is 8.42 Å². The lowest BCUT2D eigenvalue weighted by Gasteiger charge is -2.34. The molecular formula is C18H26N4O2S. The molecule has 136 valence electrons. The molecule has 25 heavy (non-hydrogen) atoms. The van der Waals surface area contributed by atoms with Crippen LogP contribution in [-0.4, -0.2) is 53.6 Å². The van der Waals surface area contributed by atoms with Crippen LogP contribution in [0.25, 0.3) is 0 Å². The van der Waals surface area contributed by atoms with Crippen LogP contribution in [0, 0.1) is 13.8 Å². The van der Waals surface area contributed by atoms with Crippen molar-refractivity contribution in [2.45, 2.75) is 38.8 Å². The zero-order chi connectivity index (χ0) is 18.0. The molecule has 0 unspecified atom stereocenters. The first-order valence-corrected chi connectivity index (χ1v) is 10.2. The van der Waals surface area contributed by atoms with Crippen molar-refractivity contribution in [3.63, 3.8) is 0 Å². The fourth-order valence-corrected chi connectivity index (χ4v) is 4.88. The predicted octanol–water partition coefficient (Wildman–Crippen LogP) is 2.03. The van der Waals surface area contributed by atoms with E-state index in [1.807, 2.05) is 19.9 Å². The molecule has 0 radical (unpaired) electrons. The number of piperazine rings is 1. The van der Waals surface area contributed by atoms with E-state index >= 15 is 0 Å². The molecule has 2 aromatic rings. The Kier molecular flexibility index (Phi) is 5.27. The predicted molar refractivity (Wildman–Crippen MR) is 97.9 cm³/mol. The Morgan fingerprint density at radius 2 is 1.76 bits per heavy atom. The number of benzene rings is 1. The zero-order valence-electron chi connectivity index (χ0n) is 15.1. The maximum Gasteiger partial charge on any atom is 0.246 e. The van der Waals surface area contributed by atoms with E-state index in [0.717, 1.165) is 19.6 Å². The Morgan fingerprint density at radius 3 is 2.36 bits per heavy atom. The minimum absolute atomic E-state index is 0.335. The topological polar surface area (TPSA) is 58.4 Å². The van der Waals surface area contributed by atoms with E-state index in [1.165, 1.54) is 17.3 Å². The molecular weight excluding hydrogens is 336 g/mol. The number of rotatable bonds is 5. The van der Waals surface area contributed by atoms with Crippen LogP contribution in [-0.2, 0) is 23.1 Å². The van der Waals surface area contributed by atoms with Crippen LogP contribution in [0.5, 0.6) is 0 Å². The van der Waals surface area contributed by atoms with E-state index in [0.29, 0.717) is 30.2 Å². The third kappa shape index (κ3) is 3.63. The molecule has 0 bridgehead atoms. The first-order valence-electron chi connectivity index (χ1n) is 8.73. The summed E-state index contributed by atoms with van der Waals surface area (Å²) in [6.45, 7) is 9.96. The normalized spacial score (nSPS) is 17.1. The lowest BCUT2D eigenvalue weighted by Crippen LogP contribution is -2.48. The number of nitrogens with zero attached hydrogens (tertiary/aromatic N) is 4. The van der Waals surface area contributed by atoms with Gasteiger partial charge < -0.3 is 0 Å². The first kappa shape index (κ1) is 18.1. The highest BCUT2D eigenvalue weighted by Crippen LogP contribution is 2.21. The summed E-state index contributed by atoms with van der Waals surface area (Å²) >= 11 is 0. The Hall–Kier alpha value is -1.70. The lowest BCUT2D eigenvalue weighted by molar-refractivity contribution is 0.181. The standard InChI is InChI=1S/C18H26N4O2S/c1-4-22-16(3)18(13-19-22)25(23,24)21-11-9-20(10-12-21)14-17-8-6-5-7-15(17)2/h5-8,13H,4,9-12,14H2,1-3H3. The minimum Gasteiger partial charge on any atom is -0.296 e. The molecule has 1 aromatic heterocycles. The summed E-state index contributed by atoms with van der Waals surface area (Å²) in [4.78, 5) is 2.65. The molecule has 0 saturated carbocycles. The molecule has 7 heteroatoms. The quantitative estimate of drug-likeness (QED) is 0.817. The number of hydrogen-bond acceptors (Lipinski definition) is 4. The Bertz CT molecular complexity index is 837. The Balaban J connectivity index is 1.67. The van der Waals surface area contributed by atoms with E-state index in [9.17, 15) is 8.42 Å². The molecule has 0 spiro atoms. The fourth-order valence-electron chi connectivity index (χ4n) is 3.30. The summed E-state index contributed by atoms with van der Waals surface area (Å²) < 4.78 is 29.1. The molecule has 6 nitrogen and oxygen atoms in total. The summed E-state index contributed by atoms with van der Waals surface area (Å²) in [5, 5.41) is 4.18. The van der Waals surface area contributed by atoms with Crippen molar-refractivity contribution in [2.75, 3.05) is 26.2 Å². The van der Waals surface area contributed by atoms with E-state index in [2.05, 4.69) is 35.1 Å². The second kappa shape index (κ2) is 7.27. The van der Waals surface area contributed by atoms with Gasteiger partial charge in [0.2, 0.25) is 10.0 Å². The summed E-state index contributed by atoms with van der Waals surface area (Å²) in [6.07, 6.45) is 1.48. The first-order chi connectivity index (χ1) is 11.9. The average molecular weight is 362 g/mol. The summed E-state index contributed by atoms with van der Waals surface area (Å²) in [5.41, 5.74) is 3.30. The van der Waals surface area contributed by atoms with Gasteiger partial charge in [0.05, 0.1) is 11.9 Å². The lowest BCUT2D eigenvalue weighted by atomic mass is 10.1. The smallest absolute Gasteiger partial charge is 0.246 e. The van der Waals surface area contributed by atoms with E-state index in [4.69, 9.17) is 0 Å². The van der Waals surface area contributed by atoms with Crippen molar-refractivity contribution in [3.8, 4) is 0 Å².